The van der Waals surface area contributed by atoms with Crippen molar-refractivity contribution in [3.05, 3.63) is 63.9 Å². The van der Waals surface area contributed by atoms with Gasteiger partial charge in [-0.2, -0.15) is 0 Å². The van der Waals surface area contributed by atoms with Crippen LogP contribution in [0.5, 0.6) is 0 Å². The van der Waals surface area contributed by atoms with Gasteiger partial charge in [0.05, 0.1) is 16.6 Å². The minimum atomic E-state index is -0.992. The number of imidazole rings is 1. The molecule has 0 aliphatic carbocycles. The van der Waals surface area contributed by atoms with Gasteiger partial charge in [-0.1, -0.05) is 0 Å². The zero-order valence-electron chi connectivity index (χ0n) is 12.8. The van der Waals surface area contributed by atoms with Crippen LogP contribution >= 0.6 is 0 Å². The zero-order valence-corrected chi connectivity index (χ0v) is 12.8. The molecule has 4 aromatic rings. The molecule has 2 heterocycles. The number of aryl methyl sites for hydroxylation is 1. The molecule has 118 valence electrons. The highest BCUT2D eigenvalue weighted by molar-refractivity contribution is 5.93. The number of carboxylic acid groups (broad SMARTS) is 1. The van der Waals surface area contributed by atoms with Crippen LogP contribution in [0.15, 0.2) is 47.3 Å². The highest BCUT2D eigenvalue weighted by Crippen LogP contribution is 2.23. The van der Waals surface area contributed by atoms with Gasteiger partial charge in [0, 0.05) is 28.2 Å². The second-order valence-corrected chi connectivity index (χ2v) is 5.70. The normalized spacial score (nSPS) is 11.2. The van der Waals surface area contributed by atoms with Crippen LogP contribution in [0.2, 0.25) is 0 Å². The van der Waals surface area contributed by atoms with E-state index in [2.05, 4.69) is 15.0 Å². The van der Waals surface area contributed by atoms with E-state index in [1.165, 1.54) is 12.1 Å². The van der Waals surface area contributed by atoms with Gasteiger partial charge in [0.15, 0.2) is 5.43 Å². The fraction of sp³-hybridized carbons (Fsp3) is 0.0556. The zero-order chi connectivity index (χ0) is 16.8. The Morgan fingerprint density at radius 3 is 2.62 bits per heavy atom. The first-order chi connectivity index (χ1) is 11.5. The van der Waals surface area contributed by atoms with Crippen LogP contribution in [-0.2, 0) is 0 Å². The number of rotatable bonds is 2. The number of nitrogens with zero attached hydrogens (tertiary/aromatic N) is 1. The predicted octanol–water partition coefficient (Wildman–Crippen LogP) is 3.08. The number of carboxylic acids is 1. The Morgan fingerprint density at radius 2 is 1.83 bits per heavy atom. The Kier molecular flexibility index (Phi) is 2.99. The third-order valence-corrected chi connectivity index (χ3v) is 3.97. The van der Waals surface area contributed by atoms with E-state index in [1.54, 1.807) is 18.2 Å². The lowest BCUT2D eigenvalue weighted by Crippen LogP contribution is -2.03. The highest BCUT2D eigenvalue weighted by atomic mass is 16.4. The quantitative estimate of drug-likeness (QED) is 0.528. The number of benzene rings is 2. The molecule has 2 aromatic carbocycles. The van der Waals surface area contributed by atoms with E-state index in [0.29, 0.717) is 16.7 Å². The van der Waals surface area contributed by atoms with Gasteiger partial charge in [-0.15, -0.1) is 0 Å². The molecule has 0 saturated carbocycles. The summed E-state index contributed by atoms with van der Waals surface area (Å²) < 4.78 is 0. The van der Waals surface area contributed by atoms with Crippen LogP contribution in [-0.4, -0.2) is 26.0 Å². The fourth-order valence-corrected chi connectivity index (χ4v) is 2.80. The molecule has 3 N–H and O–H groups in total. The van der Waals surface area contributed by atoms with Crippen molar-refractivity contribution in [1.82, 2.24) is 15.0 Å². The number of nitrogens with one attached hydrogen (secondary N) is 2. The topological polar surface area (TPSA) is 98.8 Å². The minimum Gasteiger partial charge on any atom is -0.478 e. The van der Waals surface area contributed by atoms with Gasteiger partial charge in [0.1, 0.15) is 5.82 Å². The number of hydrogen-bond donors (Lipinski definition) is 3. The minimum absolute atomic E-state index is 0.0487. The van der Waals surface area contributed by atoms with Crippen molar-refractivity contribution < 1.29 is 9.90 Å². The second-order valence-electron chi connectivity index (χ2n) is 5.70. The van der Waals surface area contributed by atoms with Crippen molar-refractivity contribution >= 4 is 27.9 Å². The van der Waals surface area contributed by atoms with E-state index < -0.39 is 5.97 Å². The number of carbonyl (C=O) groups is 1. The molecular weight excluding hydrogens is 306 g/mol. The van der Waals surface area contributed by atoms with Gasteiger partial charge in [-0.25, -0.2) is 9.78 Å². The van der Waals surface area contributed by atoms with Gasteiger partial charge < -0.3 is 15.1 Å². The van der Waals surface area contributed by atoms with Crippen molar-refractivity contribution in [2.75, 3.05) is 0 Å². The number of fused-ring (bicyclic) bond motifs is 2. The van der Waals surface area contributed by atoms with Crippen molar-refractivity contribution in [3.63, 3.8) is 0 Å². The molecule has 6 nitrogen and oxygen atoms in total. The number of aromatic carboxylic acids is 1. The Labute approximate surface area is 135 Å². The smallest absolute Gasteiger partial charge is 0.335 e. The average molecular weight is 319 g/mol. The first-order valence-corrected chi connectivity index (χ1v) is 7.38. The van der Waals surface area contributed by atoms with Gasteiger partial charge in [-0.3, -0.25) is 4.79 Å². The van der Waals surface area contributed by atoms with Crippen molar-refractivity contribution in [3.8, 4) is 11.4 Å². The van der Waals surface area contributed by atoms with Gasteiger partial charge in [0.25, 0.3) is 0 Å². The summed E-state index contributed by atoms with van der Waals surface area (Å²) in [6.45, 7) is 1.84. The predicted molar refractivity (Wildman–Crippen MR) is 91.4 cm³/mol. The van der Waals surface area contributed by atoms with Gasteiger partial charge in [0.2, 0.25) is 0 Å². The van der Waals surface area contributed by atoms with Crippen LogP contribution < -0.4 is 5.43 Å². The molecular formula is C18H13N3O3. The maximum absolute atomic E-state index is 12.2. The number of pyridine rings is 1. The lowest BCUT2D eigenvalue weighted by atomic mass is 10.1. The number of H-pyrrole nitrogens is 2. The molecule has 0 spiro atoms. The third-order valence-electron chi connectivity index (χ3n) is 3.97. The SMILES string of the molecule is Cc1cc(=O)c2cc(-c3nc4cc(C(=O)O)ccc4[nH]3)ccc2[nH]1. The second kappa shape index (κ2) is 5.06. The molecule has 0 aliphatic heterocycles. The van der Waals surface area contributed by atoms with Gasteiger partial charge in [-0.05, 0) is 43.3 Å². The van der Waals surface area contributed by atoms with E-state index in [0.717, 1.165) is 22.3 Å². The molecule has 0 radical (unpaired) electrons. The van der Waals surface area contributed by atoms with E-state index >= 15 is 0 Å². The van der Waals surface area contributed by atoms with E-state index in [1.807, 2.05) is 19.1 Å². The summed E-state index contributed by atoms with van der Waals surface area (Å²) in [5.74, 6) is -0.400. The first kappa shape index (κ1) is 14.2. The monoisotopic (exact) mass is 319 g/mol. The largest absolute Gasteiger partial charge is 0.478 e. The molecule has 0 saturated heterocycles. The van der Waals surface area contributed by atoms with Crippen LogP contribution in [0, 0.1) is 6.92 Å². The summed E-state index contributed by atoms with van der Waals surface area (Å²) in [7, 11) is 0. The Balaban J connectivity index is 1.89. The Morgan fingerprint density at radius 1 is 1.04 bits per heavy atom. The molecule has 0 atom stereocenters. The standard InChI is InChI=1S/C18H13N3O3/c1-9-6-16(22)12-7-10(2-4-13(12)19-9)17-20-14-5-3-11(18(23)24)8-15(14)21-17/h2-8H,1H3,(H,19,22)(H,20,21)(H,23,24). The molecule has 4 rings (SSSR count). The van der Waals surface area contributed by atoms with Crippen molar-refractivity contribution in [2.45, 2.75) is 6.92 Å². The molecule has 0 unspecified atom stereocenters. The molecule has 0 amide bonds. The summed E-state index contributed by atoms with van der Waals surface area (Å²) in [5.41, 5.74) is 3.80. The summed E-state index contributed by atoms with van der Waals surface area (Å²) in [4.78, 5) is 34.0. The third kappa shape index (κ3) is 2.25. The number of aromatic nitrogens is 3. The maximum Gasteiger partial charge on any atom is 0.335 e. The lowest BCUT2D eigenvalue weighted by molar-refractivity contribution is 0.0697. The average Bonchev–Trinajstić information content (AvgIpc) is 2.97. The molecule has 24 heavy (non-hydrogen) atoms. The van der Waals surface area contributed by atoms with Crippen LogP contribution in [0.1, 0.15) is 16.1 Å². The molecule has 6 heteroatoms. The fourth-order valence-electron chi connectivity index (χ4n) is 2.80. The van der Waals surface area contributed by atoms with E-state index in [4.69, 9.17) is 5.11 Å². The van der Waals surface area contributed by atoms with E-state index in [-0.39, 0.29) is 11.0 Å². The summed E-state index contributed by atoms with van der Waals surface area (Å²) >= 11 is 0. The maximum atomic E-state index is 12.2. The van der Waals surface area contributed by atoms with E-state index in [9.17, 15) is 9.59 Å². The van der Waals surface area contributed by atoms with Crippen LogP contribution in [0.25, 0.3) is 33.3 Å². The summed E-state index contributed by atoms with van der Waals surface area (Å²) in [6, 6.07) is 11.8. The Hall–Kier alpha value is -3.41. The molecule has 0 aliphatic rings. The summed E-state index contributed by atoms with van der Waals surface area (Å²) in [5, 5.41) is 9.65. The first-order valence-electron chi connectivity index (χ1n) is 7.38. The number of hydrogen-bond acceptors (Lipinski definition) is 3. The van der Waals surface area contributed by atoms with Crippen LogP contribution in [0.4, 0.5) is 0 Å². The molecule has 0 fully saturated rings. The summed E-state index contributed by atoms with van der Waals surface area (Å²) in [6.07, 6.45) is 0. The Bertz CT molecular complexity index is 1170. The molecule has 2 aromatic heterocycles. The van der Waals surface area contributed by atoms with Crippen molar-refractivity contribution in [2.24, 2.45) is 0 Å². The van der Waals surface area contributed by atoms with Crippen LogP contribution in [0.3, 0.4) is 0 Å². The number of aromatic amines is 2. The highest BCUT2D eigenvalue weighted by Gasteiger charge is 2.10. The molecule has 0 bridgehead atoms. The van der Waals surface area contributed by atoms with Gasteiger partial charge >= 0.3 is 5.97 Å². The van der Waals surface area contributed by atoms with Crippen molar-refractivity contribution in [1.29, 1.82) is 0 Å². The lowest BCUT2D eigenvalue weighted by Gasteiger charge is -2.02.